The lowest BCUT2D eigenvalue weighted by atomic mass is 10.2. The maximum absolute atomic E-state index is 13.8. The molecule has 0 radical (unpaired) electrons. The largest absolute Gasteiger partial charge is 0.463 e. The minimum atomic E-state index is -2.73. The van der Waals surface area contributed by atoms with E-state index in [-0.39, 0.29) is 25.5 Å². The normalized spacial score (nSPS) is 20.0. The number of ether oxygens (including phenoxy) is 1. The summed E-state index contributed by atoms with van der Waals surface area (Å²) < 4.78 is 33.4. The van der Waals surface area contributed by atoms with Crippen molar-refractivity contribution in [3.05, 3.63) is 34.9 Å². The third kappa shape index (κ3) is 3.89. The molecule has 0 spiro atoms. The Kier molecular flexibility index (Phi) is 4.59. The molecule has 2 aromatic rings. The third-order valence-corrected chi connectivity index (χ3v) is 5.69. The highest BCUT2D eigenvalue weighted by atomic mass is 35.5. The predicted molar refractivity (Wildman–Crippen MR) is 106 cm³/mol. The number of fused-ring (bicyclic) bond motifs is 1. The van der Waals surface area contributed by atoms with Gasteiger partial charge >= 0.3 is 6.01 Å². The van der Waals surface area contributed by atoms with Gasteiger partial charge in [-0.3, -0.25) is 10.4 Å². The Hall–Kier alpha value is -2.39. The molecule has 10 heteroatoms. The second kappa shape index (κ2) is 7.14. The van der Waals surface area contributed by atoms with Crippen LogP contribution in [0.5, 0.6) is 6.01 Å². The fraction of sp³-hybridized carbons (Fsp3) is 0.474. The summed E-state index contributed by atoms with van der Waals surface area (Å²) in [7, 11) is 0. The summed E-state index contributed by atoms with van der Waals surface area (Å²) in [6.07, 6.45) is 2.08. The molecule has 2 N–H and O–H groups in total. The van der Waals surface area contributed by atoms with Crippen LogP contribution >= 0.6 is 11.6 Å². The number of nitrogens with zero attached hydrogens (tertiary/aromatic N) is 4. The number of hydrogen-bond donors (Lipinski definition) is 2. The van der Waals surface area contributed by atoms with Gasteiger partial charge in [0.15, 0.2) is 11.6 Å². The van der Waals surface area contributed by atoms with Crippen molar-refractivity contribution in [3.8, 4) is 6.01 Å². The van der Waals surface area contributed by atoms with Crippen LogP contribution in [-0.2, 0) is 6.54 Å². The van der Waals surface area contributed by atoms with Gasteiger partial charge in [0.05, 0.1) is 19.7 Å². The van der Waals surface area contributed by atoms with Crippen LogP contribution in [0.25, 0.3) is 0 Å². The maximum atomic E-state index is 13.8. The zero-order valence-corrected chi connectivity index (χ0v) is 16.4. The number of benzene rings is 1. The summed E-state index contributed by atoms with van der Waals surface area (Å²) in [5.74, 6) is -1.22. The van der Waals surface area contributed by atoms with Crippen LogP contribution in [0.4, 0.5) is 26.1 Å². The van der Waals surface area contributed by atoms with E-state index in [0.29, 0.717) is 41.4 Å². The van der Waals surface area contributed by atoms with E-state index in [9.17, 15) is 8.78 Å². The Morgan fingerprint density at radius 3 is 2.72 bits per heavy atom. The molecule has 2 fully saturated rings. The van der Waals surface area contributed by atoms with Crippen LogP contribution in [0, 0.1) is 5.92 Å². The molecule has 2 aliphatic heterocycles. The van der Waals surface area contributed by atoms with Gasteiger partial charge in [0.1, 0.15) is 5.69 Å². The molecule has 0 amide bonds. The molecular weight excluding hydrogens is 402 g/mol. The van der Waals surface area contributed by atoms with Crippen molar-refractivity contribution < 1.29 is 13.5 Å². The predicted octanol–water partition coefficient (Wildman–Crippen LogP) is 3.62. The molecule has 5 rings (SSSR count). The number of nitrogens with one attached hydrogen (secondary N) is 2. The summed E-state index contributed by atoms with van der Waals surface area (Å²) in [5.41, 5.74) is 7.54. The summed E-state index contributed by atoms with van der Waals surface area (Å²) in [6, 6.07) is 7.73. The van der Waals surface area contributed by atoms with Gasteiger partial charge in [0.25, 0.3) is 5.92 Å². The zero-order valence-electron chi connectivity index (χ0n) is 15.7. The van der Waals surface area contributed by atoms with Gasteiger partial charge in [0, 0.05) is 18.0 Å². The molecule has 1 saturated heterocycles. The Balaban J connectivity index is 1.47. The number of anilines is 3. The van der Waals surface area contributed by atoms with Gasteiger partial charge in [-0.25, -0.2) is 8.78 Å². The van der Waals surface area contributed by atoms with Crippen molar-refractivity contribution >= 4 is 28.9 Å². The third-order valence-electron chi connectivity index (χ3n) is 5.32. The van der Waals surface area contributed by atoms with Gasteiger partial charge in [-0.15, -0.1) is 5.53 Å². The highest BCUT2D eigenvalue weighted by molar-refractivity contribution is 6.31. The van der Waals surface area contributed by atoms with Crippen LogP contribution in [0.3, 0.4) is 0 Å². The fourth-order valence-corrected chi connectivity index (χ4v) is 3.70. The Morgan fingerprint density at radius 1 is 1.21 bits per heavy atom. The number of alkyl halides is 2. The van der Waals surface area contributed by atoms with E-state index in [1.807, 2.05) is 24.3 Å². The van der Waals surface area contributed by atoms with Gasteiger partial charge < -0.3 is 9.64 Å². The first-order chi connectivity index (χ1) is 14.0. The van der Waals surface area contributed by atoms with E-state index in [1.54, 1.807) is 9.91 Å². The summed E-state index contributed by atoms with van der Waals surface area (Å²) in [4.78, 5) is 10.6. The van der Waals surface area contributed by atoms with Crippen molar-refractivity contribution in [1.82, 2.24) is 15.5 Å². The summed E-state index contributed by atoms with van der Waals surface area (Å²) in [5, 5.41) is 2.42. The molecule has 0 bridgehead atoms. The molecule has 7 nitrogen and oxygen atoms in total. The Labute approximate surface area is 172 Å². The van der Waals surface area contributed by atoms with Crippen LogP contribution < -0.4 is 25.6 Å². The van der Waals surface area contributed by atoms with Gasteiger partial charge in [-0.2, -0.15) is 9.97 Å². The lowest BCUT2D eigenvalue weighted by molar-refractivity contribution is 0.0256. The van der Waals surface area contributed by atoms with E-state index >= 15 is 0 Å². The lowest BCUT2D eigenvalue weighted by Crippen LogP contribution is -2.35. The average molecular weight is 423 g/mol. The van der Waals surface area contributed by atoms with Gasteiger partial charge in [-0.1, -0.05) is 29.8 Å². The molecule has 1 aromatic heterocycles. The number of rotatable bonds is 6. The first-order valence-electron chi connectivity index (χ1n) is 9.69. The second-order valence-electron chi connectivity index (χ2n) is 7.72. The number of aromatic nitrogens is 2. The molecule has 0 unspecified atom stereocenters. The monoisotopic (exact) mass is 422 g/mol. The van der Waals surface area contributed by atoms with Gasteiger partial charge in [-0.05, 0) is 30.4 Å². The molecule has 1 aromatic carbocycles. The second-order valence-corrected chi connectivity index (χ2v) is 8.13. The number of halogens is 3. The van der Waals surface area contributed by atoms with Crippen LogP contribution in [0.1, 0.15) is 24.8 Å². The van der Waals surface area contributed by atoms with E-state index in [1.165, 1.54) is 0 Å². The smallest absolute Gasteiger partial charge is 0.320 e. The Morgan fingerprint density at radius 2 is 2.00 bits per heavy atom. The van der Waals surface area contributed by atoms with Crippen LogP contribution in [0.2, 0.25) is 5.02 Å². The van der Waals surface area contributed by atoms with Crippen molar-refractivity contribution in [1.29, 1.82) is 0 Å². The highest BCUT2D eigenvalue weighted by Gasteiger charge is 2.41. The van der Waals surface area contributed by atoms with E-state index in [0.717, 1.165) is 18.4 Å². The van der Waals surface area contributed by atoms with Crippen molar-refractivity contribution in [2.24, 2.45) is 5.92 Å². The molecule has 29 heavy (non-hydrogen) atoms. The zero-order chi connectivity index (χ0) is 20.0. The average Bonchev–Trinajstić information content (AvgIpc) is 3.34. The van der Waals surface area contributed by atoms with Crippen LogP contribution in [-0.4, -0.2) is 35.6 Å². The Bertz CT molecular complexity index is 926. The molecule has 154 valence electrons. The number of hydrogen-bond acceptors (Lipinski definition) is 7. The number of hydrazine groups is 2. The highest BCUT2D eigenvalue weighted by Crippen LogP contribution is 2.41. The van der Waals surface area contributed by atoms with Crippen LogP contribution in [0.15, 0.2) is 24.3 Å². The minimum Gasteiger partial charge on any atom is -0.463 e. The molecule has 1 aliphatic carbocycles. The molecule has 3 aliphatic rings. The fourth-order valence-electron chi connectivity index (χ4n) is 3.50. The molecule has 0 atom stereocenters. The molecule has 3 heterocycles. The van der Waals surface area contributed by atoms with Crippen molar-refractivity contribution in [3.63, 3.8) is 0 Å². The topological polar surface area (TPSA) is 65.5 Å². The minimum absolute atomic E-state index is 0.194. The van der Waals surface area contributed by atoms with E-state index in [4.69, 9.17) is 16.3 Å². The van der Waals surface area contributed by atoms with E-state index < -0.39 is 5.92 Å². The molecule has 1 saturated carbocycles. The lowest BCUT2D eigenvalue weighted by Gasteiger charge is -2.21. The first-order valence-corrected chi connectivity index (χ1v) is 10.1. The quantitative estimate of drug-likeness (QED) is 0.737. The molecular formula is C19H21ClF2N6O. The standard InChI is InChI=1S/C19H21ClF2N6O/c20-14-4-2-1-3-13(14)9-28-17-15(25-26-28)16(27-8-7-19(21,22)11-27)23-18(24-17)29-10-12-5-6-12/h1-4,12,25-26H,5-11H2. The van der Waals surface area contributed by atoms with Crippen molar-refractivity contribution in [2.75, 3.05) is 35.0 Å². The van der Waals surface area contributed by atoms with E-state index in [2.05, 4.69) is 20.9 Å². The van der Waals surface area contributed by atoms with Crippen molar-refractivity contribution in [2.45, 2.75) is 31.7 Å². The SMILES string of the molecule is FC1(F)CCN(c2nc(OCC3CC3)nc3c2NNN3Cc2ccccc2Cl)C1. The maximum Gasteiger partial charge on any atom is 0.320 e. The first kappa shape index (κ1) is 18.6. The summed E-state index contributed by atoms with van der Waals surface area (Å²) >= 11 is 6.29. The summed E-state index contributed by atoms with van der Waals surface area (Å²) in [6.45, 7) is 0.837. The van der Waals surface area contributed by atoms with Gasteiger partial charge in [0.2, 0.25) is 0 Å².